The van der Waals surface area contributed by atoms with E-state index in [9.17, 15) is 19.8 Å². The van der Waals surface area contributed by atoms with Crippen LogP contribution in [0.2, 0.25) is 0 Å². The Bertz CT molecular complexity index is 1300. The number of anilines is 1. The Kier molecular flexibility index (Phi) is 9.35. The van der Waals surface area contributed by atoms with Crippen LogP contribution < -0.4 is 10.6 Å². The number of hydrogen-bond donors (Lipinski definition) is 4. The van der Waals surface area contributed by atoms with Crippen LogP contribution in [0.4, 0.5) is 5.13 Å². The number of ether oxygens (including phenoxy) is 1. The Hall–Kier alpha value is -2.37. The van der Waals surface area contributed by atoms with Crippen LogP contribution in [0.5, 0.6) is 0 Å². The third kappa shape index (κ3) is 6.54. The number of hydrogen-bond acceptors (Lipinski definition) is 8. The maximum atomic E-state index is 13.4. The van der Waals surface area contributed by atoms with E-state index in [1.807, 2.05) is 31.2 Å². The second-order valence-electron chi connectivity index (χ2n) is 14.2. The fourth-order valence-corrected chi connectivity index (χ4v) is 8.49. The first-order valence-corrected chi connectivity index (χ1v) is 16.4. The van der Waals surface area contributed by atoms with E-state index in [-0.39, 0.29) is 47.5 Å². The summed E-state index contributed by atoms with van der Waals surface area (Å²) in [6, 6.07) is 7.67. The van der Waals surface area contributed by atoms with Crippen molar-refractivity contribution in [1.82, 2.24) is 15.2 Å². The molecular formula is C33H48N4O5S. The van der Waals surface area contributed by atoms with Crippen LogP contribution in [-0.2, 0) is 21.4 Å². The van der Waals surface area contributed by atoms with Gasteiger partial charge in [-0.3, -0.25) is 19.8 Å². The minimum absolute atomic E-state index is 0.00326. The molecule has 43 heavy (non-hydrogen) atoms. The van der Waals surface area contributed by atoms with Crippen molar-refractivity contribution in [1.29, 1.82) is 0 Å². The molecule has 5 atom stereocenters. The lowest BCUT2D eigenvalue weighted by Gasteiger charge is -2.58. The summed E-state index contributed by atoms with van der Waals surface area (Å²) in [7, 11) is 0. The molecule has 1 saturated heterocycles. The molecule has 0 spiro atoms. The molecule has 5 unspecified atom stereocenters. The molecule has 5 rings (SSSR count). The average molecular weight is 613 g/mol. The van der Waals surface area contributed by atoms with Crippen LogP contribution >= 0.6 is 11.3 Å². The molecule has 2 aromatic rings. The van der Waals surface area contributed by atoms with Gasteiger partial charge in [-0.05, 0) is 53.7 Å². The van der Waals surface area contributed by atoms with Crippen LogP contribution in [-0.4, -0.2) is 84.0 Å². The predicted molar refractivity (Wildman–Crippen MR) is 169 cm³/mol. The van der Waals surface area contributed by atoms with Crippen molar-refractivity contribution in [3.63, 3.8) is 0 Å². The highest BCUT2D eigenvalue weighted by Crippen LogP contribution is 2.62. The van der Waals surface area contributed by atoms with Crippen molar-refractivity contribution in [3.05, 3.63) is 46.0 Å². The van der Waals surface area contributed by atoms with Gasteiger partial charge in [0.2, 0.25) is 5.91 Å². The van der Waals surface area contributed by atoms with Gasteiger partial charge in [-0.2, -0.15) is 0 Å². The molecule has 10 heteroatoms. The summed E-state index contributed by atoms with van der Waals surface area (Å²) in [6.07, 6.45) is 1.59. The van der Waals surface area contributed by atoms with Gasteiger partial charge in [0, 0.05) is 54.4 Å². The molecule has 1 saturated carbocycles. The maximum absolute atomic E-state index is 13.4. The Balaban J connectivity index is 1.37. The van der Waals surface area contributed by atoms with Crippen molar-refractivity contribution >= 4 is 28.3 Å². The molecule has 1 aromatic heterocycles. The smallest absolute Gasteiger partial charge is 0.257 e. The lowest BCUT2D eigenvalue weighted by Crippen LogP contribution is -2.57. The van der Waals surface area contributed by atoms with E-state index in [0.717, 1.165) is 55.4 Å². The van der Waals surface area contributed by atoms with E-state index in [2.05, 4.69) is 43.2 Å². The molecule has 2 amide bonds. The number of amides is 2. The Labute approximate surface area is 259 Å². The van der Waals surface area contributed by atoms with Gasteiger partial charge in [0.1, 0.15) is 0 Å². The Morgan fingerprint density at radius 3 is 2.51 bits per heavy atom. The number of thiazole rings is 1. The number of carbonyl (C=O) groups is 2. The lowest BCUT2D eigenvalue weighted by atomic mass is 9.47. The SMILES string of the molecule is CC(C)(C)c1ccc(C(=O)Nc2nc3c(s2)CC2C(C)(CO)C(O)CCC2(C)C3CC(=O)NCCN2CCOCC2)cc1. The third-order valence-electron chi connectivity index (χ3n) is 10.4. The van der Waals surface area contributed by atoms with Crippen molar-refractivity contribution in [3.8, 4) is 0 Å². The van der Waals surface area contributed by atoms with E-state index >= 15 is 0 Å². The third-order valence-corrected chi connectivity index (χ3v) is 11.4. The average Bonchev–Trinajstić information content (AvgIpc) is 3.38. The molecule has 0 radical (unpaired) electrons. The first kappa shape index (κ1) is 32.0. The number of nitrogens with one attached hydrogen (secondary N) is 2. The molecule has 2 fully saturated rings. The highest BCUT2D eigenvalue weighted by atomic mass is 32.1. The first-order valence-electron chi connectivity index (χ1n) is 15.6. The van der Waals surface area contributed by atoms with Crippen LogP contribution in [0, 0.1) is 16.7 Å². The van der Waals surface area contributed by atoms with Gasteiger partial charge in [-0.15, -0.1) is 11.3 Å². The normalized spacial score (nSPS) is 29.4. The largest absolute Gasteiger partial charge is 0.396 e. The second kappa shape index (κ2) is 12.6. The Morgan fingerprint density at radius 1 is 1.16 bits per heavy atom. The summed E-state index contributed by atoms with van der Waals surface area (Å²) in [5, 5.41) is 28.2. The number of nitrogens with zero attached hydrogens (tertiary/aromatic N) is 2. The number of fused-ring (bicyclic) bond motifs is 2. The summed E-state index contributed by atoms with van der Waals surface area (Å²) in [4.78, 5) is 34.9. The zero-order valence-corrected chi connectivity index (χ0v) is 27.1. The highest BCUT2D eigenvalue weighted by Gasteiger charge is 2.59. The Morgan fingerprint density at radius 2 is 1.86 bits per heavy atom. The van der Waals surface area contributed by atoms with Gasteiger partial charge in [0.25, 0.3) is 5.91 Å². The van der Waals surface area contributed by atoms with Crippen molar-refractivity contribution < 1.29 is 24.5 Å². The summed E-state index contributed by atoms with van der Waals surface area (Å²) in [5.41, 5.74) is 1.54. The monoisotopic (exact) mass is 612 g/mol. The van der Waals surface area contributed by atoms with Crippen LogP contribution in [0.3, 0.4) is 0 Å². The second-order valence-corrected chi connectivity index (χ2v) is 15.2. The number of morpholine rings is 1. The molecule has 1 aliphatic heterocycles. The van der Waals surface area contributed by atoms with Gasteiger partial charge in [-0.1, -0.05) is 46.8 Å². The molecule has 4 N–H and O–H groups in total. The van der Waals surface area contributed by atoms with Crippen LogP contribution in [0.25, 0.3) is 0 Å². The number of aliphatic hydroxyl groups excluding tert-OH is 2. The summed E-state index contributed by atoms with van der Waals surface area (Å²) >= 11 is 1.44. The quantitative estimate of drug-likeness (QED) is 0.356. The summed E-state index contributed by atoms with van der Waals surface area (Å²) in [5.74, 6) is -0.485. The molecule has 2 heterocycles. The highest BCUT2D eigenvalue weighted by molar-refractivity contribution is 7.15. The topological polar surface area (TPSA) is 124 Å². The number of aromatic nitrogens is 1. The van der Waals surface area contributed by atoms with E-state index < -0.39 is 11.5 Å². The van der Waals surface area contributed by atoms with Gasteiger partial charge in [0.15, 0.2) is 5.13 Å². The number of benzene rings is 1. The molecule has 1 aromatic carbocycles. The molecule has 0 bridgehead atoms. The van der Waals surface area contributed by atoms with Gasteiger partial charge in [0.05, 0.1) is 31.6 Å². The van der Waals surface area contributed by atoms with Crippen molar-refractivity contribution in [2.75, 3.05) is 51.3 Å². The minimum atomic E-state index is -0.696. The lowest BCUT2D eigenvalue weighted by molar-refractivity contribution is -0.144. The standard InChI is InChI=1S/C33H48N4O5S/c1-31(2,3)22-8-6-21(7-9-22)29(41)36-30-35-28-23(18-27(40)34-12-13-37-14-16-42-17-15-37)32(4)11-10-26(39)33(5,20-38)25(32)19-24(28)43-30/h6-9,23,25-26,38-39H,10-20H2,1-5H3,(H,34,40)(H,35,36,41). The first-order chi connectivity index (χ1) is 20.3. The van der Waals surface area contributed by atoms with Crippen molar-refractivity contribution in [2.45, 2.75) is 77.7 Å². The maximum Gasteiger partial charge on any atom is 0.257 e. The van der Waals surface area contributed by atoms with Crippen LogP contribution in [0.15, 0.2) is 24.3 Å². The molecule has 236 valence electrons. The summed E-state index contributed by atoms with van der Waals surface area (Å²) < 4.78 is 5.43. The van der Waals surface area contributed by atoms with Crippen molar-refractivity contribution in [2.24, 2.45) is 16.7 Å². The molecule has 2 aliphatic carbocycles. The van der Waals surface area contributed by atoms with E-state index in [1.54, 1.807) is 0 Å². The zero-order chi connectivity index (χ0) is 31.0. The number of rotatable bonds is 8. The number of carbonyl (C=O) groups excluding carboxylic acids is 2. The molecule has 9 nitrogen and oxygen atoms in total. The summed E-state index contributed by atoms with van der Waals surface area (Å²) in [6.45, 7) is 15.0. The zero-order valence-electron chi connectivity index (χ0n) is 26.2. The van der Waals surface area contributed by atoms with E-state index in [4.69, 9.17) is 9.72 Å². The van der Waals surface area contributed by atoms with Gasteiger partial charge in [-0.25, -0.2) is 4.98 Å². The van der Waals surface area contributed by atoms with Crippen LogP contribution in [0.1, 0.15) is 86.3 Å². The van der Waals surface area contributed by atoms with Gasteiger partial charge < -0.3 is 20.3 Å². The fourth-order valence-electron chi connectivity index (χ4n) is 7.43. The van der Waals surface area contributed by atoms with E-state index in [1.165, 1.54) is 11.3 Å². The fraction of sp³-hybridized carbons (Fsp3) is 0.667. The number of aliphatic hydroxyl groups is 2. The molecule has 3 aliphatic rings. The molecular weight excluding hydrogens is 564 g/mol. The van der Waals surface area contributed by atoms with Gasteiger partial charge >= 0.3 is 0 Å². The van der Waals surface area contributed by atoms with E-state index in [0.29, 0.717) is 30.1 Å². The predicted octanol–water partition coefficient (Wildman–Crippen LogP) is 3.95. The minimum Gasteiger partial charge on any atom is -0.396 e.